The number of carbonyl (C=O) groups is 4. The van der Waals surface area contributed by atoms with Crippen molar-refractivity contribution in [2.24, 2.45) is 0 Å². The Balaban J connectivity index is 2.39. The van der Waals surface area contributed by atoms with Crippen molar-refractivity contribution in [2.75, 3.05) is 13.1 Å². The monoisotopic (exact) mass is 701 g/mol. The van der Waals surface area contributed by atoms with Gasteiger partial charge in [0.2, 0.25) is 11.8 Å². The lowest BCUT2D eigenvalue weighted by Crippen LogP contribution is -2.55. The van der Waals surface area contributed by atoms with Crippen LogP contribution in [0.1, 0.15) is 86.7 Å². The Labute approximate surface area is 277 Å². The number of rotatable bonds is 20. The van der Waals surface area contributed by atoms with Crippen molar-refractivity contribution in [3.63, 3.8) is 0 Å². The summed E-state index contributed by atoms with van der Waals surface area (Å²) in [5.74, 6) is -3.57. The molecule has 0 bridgehead atoms. The normalized spacial score (nSPS) is 12.9. The minimum atomic E-state index is -4.85. The zero-order valence-corrected chi connectivity index (χ0v) is 27.8. The van der Waals surface area contributed by atoms with E-state index in [0.29, 0.717) is 31.5 Å². The Morgan fingerprint density at radius 2 is 1.42 bits per heavy atom. The van der Waals surface area contributed by atoms with Gasteiger partial charge >= 0.3 is 20.0 Å². The van der Waals surface area contributed by atoms with Crippen molar-refractivity contribution in [3.05, 3.63) is 65.2 Å². The molecule has 0 spiro atoms. The summed E-state index contributed by atoms with van der Waals surface area (Å²) in [6, 6.07) is 5.90. The maximum Gasteiger partial charge on any atom is 0.524 e. The van der Waals surface area contributed by atoms with Gasteiger partial charge in [0.1, 0.15) is 17.8 Å². The number of benzene rings is 2. The molecule has 2 rings (SSSR count). The molecule has 0 saturated heterocycles. The van der Waals surface area contributed by atoms with Crippen LogP contribution >= 0.6 is 7.82 Å². The number of hydrogen-bond donors (Lipinski definition) is 5. The standard InChI is InChI=1S/C32H43F3N3O9P/c1-3-5-7-19-38(20-8-6-4-2)31(43)26(17-18-28(39)40)36-30(42)27(21-22-9-15-25(16-10-22)47-48(44,45)46)37-29(41)23-11-13-24(14-12-23)32(33,34)35/h9-16,26-27H,3-8,17-21H2,1-2H3,(H,36,42)(H,37,41)(H,39,40)(H2,44,45,46)/t26-,27-/m0/s1. The average molecular weight is 702 g/mol. The highest BCUT2D eigenvalue weighted by Crippen LogP contribution is 2.37. The second kappa shape index (κ2) is 19.2. The Morgan fingerprint density at radius 1 is 0.854 bits per heavy atom. The summed E-state index contributed by atoms with van der Waals surface area (Å²) in [5, 5.41) is 14.4. The minimum Gasteiger partial charge on any atom is -0.481 e. The van der Waals surface area contributed by atoms with Gasteiger partial charge in [0.05, 0.1) is 5.56 Å². The molecule has 0 unspecified atom stereocenters. The number of carboxylic acids is 1. The lowest BCUT2D eigenvalue weighted by Gasteiger charge is -2.29. The van der Waals surface area contributed by atoms with Gasteiger partial charge in [-0.3, -0.25) is 29.0 Å². The van der Waals surface area contributed by atoms with Crippen LogP contribution in [0.25, 0.3) is 0 Å². The molecule has 0 aliphatic carbocycles. The van der Waals surface area contributed by atoms with Crippen LogP contribution in [0.2, 0.25) is 0 Å². The lowest BCUT2D eigenvalue weighted by molar-refractivity contribution is -0.140. The molecule has 16 heteroatoms. The Hall–Kier alpha value is -3.94. The number of carboxylic acid groups (broad SMARTS) is 1. The number of nitrogens with zero attached hydrogens (tertiary/aromatic N) is 1. The van der Waals surface area contributed by atoms with Gasteiger partial charge in [-0.15, -0.1) is 0 Å². The number of aliphatic carboxylic acids is 1. The molecule has 0 aliphatic rings. The smallest absolute Gasteiger partial charge is 0.481 e. The van der Waals surface area contributed by atoms with Crippen LogP contribution < -0.4 is 15.2 Å². The average Bonchev–Trinajstić information content (AvgIpc) is 3.01. The molecule has 12 nitrogen and oxygen atoms in total. The lowest BCUT2D eigenvalue weighted by atomic mass is 10.0. The topological polar surface area (TPSA) is 183 Å². The Bertz CT molecular complexity index is 1390. The van der Waals surface area contributed by atoms with E-state index in [0.717, 1.165) is 49.9 Å². The van der Waals surface area contributed by atoms with Crippen LogP contribution in [0, 0.1) is 0 Å². The number of phosphoric ester groups is 1. The second-order valence-electron chi connectivity index (χ2n) is 11.3. The molecule has 0 aliphatic heterocycles. The third-order valence-corrected chi connectivity index (χ3v) is 7.77. The molecule has 0 radical (unpaired) electrons. The quantitative estimate of drug-likeness (QED) is 0.0929. The van der Waals surface area contributed by atoms with E-state index >= 15 is 0 Å². The predicted molar refractivity (Wildman–Crippen MR) is 170 cm³/mol. The summed E-state index contributed by atoms with van der Waals surface area (Å²) in [4.78, 5) is 71.8. The van der Waals surface area contributed by atoms with Crippen molar-refractivity contribution in [1.29, 1.82) is 0 Å². The van der Waals surface area contributed by atoms with E-state index in [2.05, 4.69) is 15.2 Å². The fourth-order valence-corrected chi connectivity index (χ4v) is 5.17. The Morgan fingerprint density at radius 3 is 1.90 bits per heavy atom. The van der Waals surface area contributed by atoms with Crippen LogP contribution in [0.15, 0.2) is 48.5 Å². The van der Waals surface area contributed by atoms with E-state index in [1.165, 1.54) is 24.3 Å². The van der Waals surface area contributed by atoms with Crippen molar-refractivity contribution in [3.8, 4) is 5.75 Å². The number of hydrogen-bond acceptors (Lipinski definition) is 6. The maximum absolute atomic E-state index is 13.7. The number of alkyl halides is 3. The summed E-state index contributed by atoms with van der Waals surface area (Å²) in [6.07, 6.45) is -0.561. The van der Waals surface area contributed by atoms with Crippen LogP contribution in [-0.4, -0.2) is 68.7 Å². The number of amides is 3. The van der Waals surface area contributed by atoms with Crippen LogP contribution in [0.4, 0.5) is 13.2 Å². The number of phosphoric acid groups is 1. The number of nitrogens with one attached hydrogen (secondary N) is 2. The first kappa shape index (κ1) is 40.2. The SMILES string of the molecule is CCCCCN(CCCCC)C(=O)[C@H](CCC(=O)O)NC(=O)[C@H](Cc1ccc(OP(=O)(O)O)cc1)NC(=O)c1ccc(C(F)(F)F)cc1. The largest absolute Gasteiger partial charge is 0.524 e. The highest BCUT2D eigenvalue weighted by Gasteiger charge is 2.32. The molecule has 0 fully saturated rings. The summed E-state index contributed by atoms with van der Waals surface area (Å²) >= 11 is 0. The first-order valence-corrected chi connectivity index (χ1v) is 17.2. The molecule has 48 heavy (non-hydrogen) atoms. The molecule has 0 heterocycles. The molecule has 2 aromatic rings. The van der Waals surface area contributed by atoms with Gasteiger partial charge in [-0.25, -0.2) is 4.57 Å². The predicted octanol–water partition coefficient (Wildman–Crippen LogP) is 5.08. The zero-order chi connectivity index (χ0) is 35.9. The van der Waals surface area contributed by atoms with Crippen LogP contribution in [-0.2, 0) is 31.5 Å². The van der Waals surface area contributed by atoms with Crippen molar-refractivity contribution >= 4 is 31.5 Å². The van der Waals surface area contributed by atoms with Gasteiger partial charge in [-0.05, 0) is 61.2 Å². The summed E-state index contributed by atoms with van der Waals surface area (Å²) < 4.78 is 54.9. The summed E-state index contributed by atoms with van der Waals surface area (Å²) in [7, 11) is -4.85. The van der Waals surface area contributed by atoms with Gasteiger partial charge in [0, 0.05) is 31.5 Å². The molecule has 2 atom stereocenters. The molecular formula is C32H43F3N3O9P. The molecule has 266 valence electrons. The number of carbonyl (C=O) groups excluding carboxylic acids is 3. The van der Waals surface area contributed by atoms with Gasteiger partial charge in [0.15, 0.2) is 0 Å². The molecule has 0 saturated carbocycles. The molecule has 2 aromatic carbocycles. The Kier molecular flexibility index (Phi) is 16.1. The van der Waals surface area contributed by atoms with Gasteiger partial charge in [-0.2, -0.15) is 13.2 Å². The van der Waals surface area contributed by atoms with Gasteiger partial charge < -0.3 is 25.2 Å². The van der Waals surface area contributed by atoms with E-state index in [1.807, 2.05) is 13.8 Å². The van der Waals surface area contributed by atoms with Gasteiger partial charge in [0.25, 0.3) is 5.91 Å². The zero-order valence-electron chi connectivity index (χ0n) is 26.9. The minimum absolute atomic E-state index is 0.174. The third-order valence-electron chi connectivity index (χ3n) is 7.32. The van der Waals surface area contributed by atoms with Crippen molar-refractivity contribution in [2.45, 2.75) is 89.9 Å². The van der Waals surface area contributed by atoms with Crippen molar-refractivity contribution in [1.82, 2.24) is 15.5 Å². The third kappa shape index (κ3) is 14.4. The fourth-order valence-electron chi connectivity index (χ4n) is 4.78. The van der Waals surface area contributed by atoms with E-state index < -0.39 is 61.8 Å². The van der Waals surface area contributed by atoms with E-state index in [9.17, 15) is 42.0 Å². The molecule has 5 N–H and O–H groups in total. The number of halogens is 3. The van der Waals surface area contributed by atoms with Gasteiger partial charge in [-0.1, -0.05) is 51.7 Å². The molecule has 3 amide bonds. The second-order valence-corrected chi connectivity index (χ2v) is 12.4. The highest BCUT2D eigenvalue weighted by atomic mass is 31.2. The van der Waals surface area contributed by atoms with E-state index in [4.69, 9.17) is 9.79 Å². The first-order valence-electron chi connectivity index (χ1n) is 15.7. The van der Waals surface area contributed by atoms with Crippen LogP contribution in [0.3, 0.4) is 0 Å². The first-order chi connectivity index (χ1) is 22.5. The highest BCUT2D eigenvalue weighted by molar-refractivity contribution is 7.46. The van der Waals surface area contributed by atoms with Crippen molar-refractivity contribution < 1.29 is 56.3 Å². The molecule has 0 aromatic heterocycles. The molecular weight excluding hydrogens is 658 g/mol. The maximum atomic E-state index is 13.7. The van der Waals surface area contributed by atoms with E-state index in [-0.39, 0.29) is 24.2 Å². The summed E-state index contributed by atoms with van der Waals surface area (Å²) in [5.41, 5.74) is -0.772. The summed E-state index contributed by atoms with van der Waals surface area (Å²) in [6.45, 7) is 4.84. The fraction of sp³-hybridized carbons (Fsp3) is 0.500. The van der Waals surface area contributed by atoms with Crippen LogP contribution in [0.5, 0.6) is 5.75 Å². The number of unbranched alkanes of at least 4 members (excludes halogenated alkanes) is 4. The van der Waals surface area contributed by atoms with E-state index in [1.54, 1.807) is 4.90 Å².